The molecular weight excluding hydrogens is 415 g/mol. The first-order valence-electron chi connectivity index (χ1n) is 8.70. The van der Waals surface area contributed by atoms with Crippen LogP contribution in [-0.2, 0) is 9.53 Å². The zero-order chi connectivity index (χ0) is 19.1. The predicted octanol–water partition coefficient (Wildman–Crippen LogP) is 4.01. The Kier molecular flexibility index (Phi) is 6.95. The number of carbonyl (C=O) groups is 1. The number of halogens is 2. The minimum Gasteiger partial charge on any atom is -0.484 e. The standard InChI is InChI=1S/C20H20BrFN2O3/c21-15-5-8-19(18(22)10-15)23-11-14-3-6-16(7-4-14)27-13-20(25)24-12-17-2-1-9-26-17/h3-8,10-11,17H,1-2,9,12-13H2,(H,24,25)/t17-/m1/s1. The predicted molar refractivity (Wildman–Crippen MR) is 105 cm³/mol. The van der Waals surface area contributed by atoms with E-state index >= 15 is 0 Å². The van der Waals surface area contributed by atoms with Gasteiger partial charge < -0.3 is 14.8 Å². The van der Waals surface area contributed by atoms with Crippen molar-refractivity contribution in [1.29, 1.82) is 0 Å². The number of rotatable bonds is 7. The number of ether oxygens (including phenoxy) is 2. The maximum atomic E-state index is 13.7. The third-order valence-corrected chi connectivity index (χ3v) is 4.56. The summed E-state index contributed by atoms with van der Waals surface area (Å²) in [7, 11) is 0. The van der Waals surface area contributed by atoms with Crippen LogP contribution in [0.1, 0.15) is 18.4 Å². The van der Waals surface area contributed by atoms with Crippen molar-refractivity contribution in [2.75, 3.05) is 19.8 Å². The molecule has 0 radical (unpaired) electrons. The lowest BCUT2D eigenvalue weighted by Gasteiger charge is -2.11. The number of nitrogens with one attached hydrogen (secondary N) is 1. The second-order valence-corrected chi connectivity index (χ2v) is 7.07. The summed E-state index contributed by atoms with van der Waals surface area (Å²) in [6.45, 7) is 1.23. The van der Waals surface area contributed by atoms with Gasteiger partial charge >= 0.3 is 0 Å². The van der Waals surface area contributed by atoms with Crippen LogP contribution in [0, 0.1) is 5.82 Å². The lowest BCUT2D eigenvalue weighted by atomic mass is 10.2. The molecule has 1 saturated heterocycles. The van der Waals surface area contributed by atoms with Crippen LogP contribution in [0.25, 0.3) is 0 Å². The number of carbonyl (C=O) groups excluding carboxylic acids is 1. The SMILES string of the molecule is O=C(COc1ccc(C=Nc2ccc(Br)cc2F)cc1)NC[C@H]1CCCO1. The Labute approximate surface area is 165 Å². The molecular formula is C20H20BrFN2O3. The zero-order valence-corrected chi connectivity index (χ0v) is 16.2. The second kappa shape index (κ2) is 9.62. The van der Waals surface area contributed by atoms with Gasteiger partial charge in [-0.15, -0.1) is 0 Å². The average Bonchev–Trinajstić information content (AvgIpc) is 3.18. The van der Waals surface area contributed by atoms with Gasteiger partial charge in [-0.25, -0.2) is 4.39 Å². The lowest BCUT2D eigenvalue weighted by Crippen LogP contribution is -2.35. The minimum atomic E-state index is -0.394. The fourth-order valence-electron chi connectivity index (χ4n) is 2.61. The van der Waals surface area contributed by atoms with Gasteiger partial charge in [-0.2, -0.15) is 0 Å². The molecule has 1 aliphatic heterocycles. The molecule has 0 saturated carbocycles. The molecule has 3 rings (SSSR count). The number of aliphatic imine (C=N–C) groups is 1. The Bertz CT molecular complexity index is 805. The third-order valence-electron chi connectivity index (χ3n) is 4.06. The Hall–Kier alpha value is -2.25. The summed E-state index contributed by atoms with van der Waals surface area (Å²) in [6.07, 6.45) is 3.71. The van der Waals surface area contributed by atoms with Crippen LogP contribution in [-0.4, -0.2) is 38.0 Å². The average molecular weight is 435 g/mol. The maximum absolute atomic E-state index is 13.7. The first-order chi connectivity index (χ1) is 13.1. The highest BCUT2D eigenvalue weighted by atomic mass is 79.9. The van der Waals surface area contributed by atoms with Crippen molar-refractivity contribution >= 4 is 33.7 Å². The van der Waals surface area contributed by atoms with E-state index in [0.717, 1.165) is 25.0 Å². The molecule has 7 heteroatoms. The van der Waals surface area contributed by atoms with Crippen LogP contribution in [0.2, 0.25) is 0 Å². The molecule has 0 spiro atoms. The third kappa shape index (κ3) is 6.15. The summed E-state index contributed by atoms with van der Waals surface area (Å²) in [6, 6.07) is 11.8. The Morgan fingerprint density at radius 2 is 2.15 bits per heavy atom. The van der Waals surface area contributed by atoms with Gasteiger partial charge in [0.2, 0.25) is 0 Å². The monoisotopic (exact) mass is 434 g/mol. The van der Waals surface area contributed by atoms with E-state index in [1.807, 2.05) is 0 Å². The normalized spacial score (nSPS) is 16.6. The lowest BCUT2D eigenvalue weighted by molar-refractivity contribution is -0.123. The first-order valence-corrected chi connectivity index (χ1v) is 9.50. The van der Waals surface area contributed by atoms with E-state index in [-0.39, 0.29) is 24.3 Å². The molecule has 1 aliphatic rings. The van der Waals surface area contributed by atoms with Gasteiger partial charge in [-0.3, -0.25) is 9.79 Å². The van der Waals surface area contributed by atoms with Gasteiger partial charge in [0, 0.05) is 23.8 Å². The smallest absolute Gasteiger partial charge is 0.258 e. The molecule has 5 nitrogen and oxygen atoms in total. The topological polar surface area (TPSA) is 59.9 Å². The highest BCUT2D eigenvalue weighted by Gasteiger charge is 2.16. The van der Waals surface area contributed by atoms with E-state index in [0.29, 0.717) is 16.8 Å². The van der Waals surface area contributed by atoms with E-state index in [1.54, 1.807) is 42.6 Å². The van der Waals surface area contributed by atoms with Crippen molar-refractivity contribution in [1.82, 2.24) is 5.32 Å². The van der Waals surface area contributed by atoms with Crippen molar-refractivity contribution in [3.63, 3.8) is 0 Å². The van der Waals surface area contributed by atoms with Gasteiger partial charge in [0.25, 0.3) is 5.91 Å². The molecule has 1 atom stereocenters. The van der Waals surface area contributed by atoms with E-state index < -0.39 is 5.82 Å². The van der Waals surface area contributed by atoms with Crippen LogP contribution >= 0.6 is 15.9 Å². The summed E-state index contributed by atoms with van der Waals surface area (Å²) >= 11 is 3.21. The van der Waals surface area contributed by atoms with Gasteiger partial charge in [0.1, 0.15) is 11.6 Å². The number of hydrogen-bond donors (Lipinski definition) is 1. The van der Waals surface area contributed by atoms with Crippen molar-refractivity contribution < 1.29 is 18.7 Å². The molecule has 2 aromatic rings. The molecule has 1 heterocycles. The van der Waals surface area contributed by atoms with Crippen molar-refractivity contribution in [3.8, 4) is 5.75 Å². The Morgan fingerprint density at radius 1 is 1.33 bits per heavy atom. The van der Waals surface area contributed by atoms with Crippen molar-refractivity contribution in [3.05, 3.63) is 58.3 Å². The minimum absolute atomic E-state index is 0.0513. The molecule has 1 fully saturated rings. The van der Waals surface area contributed by atoms with Crippen LogP contribution in [0.5, 0.6) is 5.75 Å². The van der Waals surface area contributed by atoms with Gasteiger partial charge in [0.15, 0.2) is 6.61 Å². The molecule has 0 unspecified atom stereocenters. The quantitative estimate of drug-likeness (QED) is 0.669. The number of hydrogen-bond acceptors (Lipinski definition) is 4. The fraction of sp³-hybridized carbons (Fsp3) is 0.300. The Balaban J connectivity index is 1.46. The largest absolute Gasteiger partial charge is 0.484 e. The zero-order valence-electron chi connectivity index (χ0n) is 14.7. The molecule has 1 N–H and O–H groups in total. The molecule has 0 aliphatic carbocycles. The van der Waals surface area contributed by atoms with Crippen molar-refractivity contribution in [2.24, 2.45) is 4.99 Å². The number of nitrogens with zero attached hydrogens (tertiary/aromatic N) is 1. The number of benzene rings is 2. The summed E-state index contributed by atoms with van der Waals surface area (Å²) < 4.78 is 25.3. The van der Waals surface area contributed by atoms with Crippen LogP contribution in [0.15, 0.2) is 51.9 Å². The summed E-state index contributed by atoms with van der Waals surface area (Å²) in [5, 5.41) is 2.80. The molecule has 142 valence electrons. The van der Waals surface area contributed by atoms with Crippen LogP contribution < -0.4 is 10.1 Å². The highest BCUT2D eigenvalue weighted by Crippen LogP contribution is 2.22. The molecule has 27 heavy (non-hydrogen) atoms. The fourth-order valence-corrected chi connectivity index (χ4v) is 2.95. The van der Waals surface area contributed by atoms with E-state index in [4.69, 9.17) is 9.47 Å². The van der Waals surface area contributed by atoms with E-state index in [9.17, 15) is 9.18 Å². The summed E-state index contributed by atoms with van der Waals surface area (Å²) in [4.78, 5) is 15.9. The summed E-state index contributed by atoms with van der Waals surface area (Å²) in [5.74, 6) is 0.00526. The van der Waals surface area contributed by atoms with Gasteiger partial charge in [0.05, 0.1) is 11.8 Å². The molecule has 0 bridgehead atoms. The van der Waals surface area contributed by atoms with Gasteiger partial charge in [-0.05, 0) is 60.9 Å². The van der Waals surface area contributed by atoms with E-state index in [2.05, 4.69) is 26.2 Å². The van der Waals surface area contributed by atoms with Gasteiger partial charge in [-0.1, -0.05) is 15.9 Å². The maximum Gasteiger partial charge on any atom is 0.258 e. The molecule has 1 amide bonds. The van der Waals surface area contributed by atoms with Crippen LogP contribution in [0.3, 0.4) is 0 Å². The van der Waals surface area contributed by atoms with E-state index in [1.165, 1.54) is 6.07 Å². The highest BCUT2D eigenvalue weighted by molar-refractivity contribution is 9.10. The second-order valence-electron chi connectivity index (χ2n) is 6.15. The Morgan fingerprint density at radius 3 is 2.85 bits per heavy atom. The van der Waals surface area contributed by atoms with Crippen LogP contribution in [0.4, 0.5) is 10.1 Å². The van der Waals surface area contributed by atoms with Crippen molar-refractivity contribution in [2.45, 2.75) is 18.9 Å². The molecule has 2 aromatic carbocycles. The molecule has 0 aromatic heterocycles. The number of amides is 1. The summed E-state index contributed by atoms with van der Waals surface area (Å²) in [5.41, 5.74) is 1.06. The first kappa shape index (κ1) is 19.5.